The number of guanidine groups is 1. The molecule has 5 nitrogen and oxygen atoms in total. The van der Waals surface area contributed by atoms with E-state index in [0.29, 0.717) is 6.54 Å². The molecule has 112 valence electrons. The largest absolute Gasteiger partial charge is 0.381 e. The van der Waals surface area contributed by atoms with Crippen molar-refractivity contribution in [2.75, 3.05) is 26.8 Å². The quantitative estimate of drug-likeness (QED) is 0.412. The van der Waals surface area contributed by atoms with E-state index < -0.39 is 0 Å². The average Bonchev–Trinajstić information content (AvgIpc) is 2.50. The molecular weight excluding hydrogens is 252 g/mol. The van der Waals surface area contributed by atoms with Crippen LogP contribution in [0.4, 0.5) is 0 Å². The molecule has 0 fully saturated rings. The SMILES string of the molecule is CCCCOCCCNC(=NC)NCc1ccccn1. The summed E-state index contributed by atoms with van der Waals surface area (Å²) >= 11 is 0. The van der Waals surface area contributed by atoms with Gasteiger partial charge >= 0.3 is 0 Å². The molecule has 0 saturated carbocycles. The Morgan fingerprint density at radius 3 is 2.80 bits per heavy atom. The molecule has 1 aromatic rings. The molecular formula is C15H26N4O. The highest BCUT2D eigenvalue weighted by Gasteiger charge is 1.98. The summed E-state index contributed by atoms with van der Waals surface area (Å²) in [6, 6.07) is 5.88. The molecule has 0 aromatic carbocycles. The van der Waals surface area contributed by atoms with E-state index >= 15 is 0 Å². The maximum Gasteiger partial charge on any atom is 0.191 e. The van der Waals surface area contributed by atoms with Crippen molar-refractivity contribution < 1.29 is 4.74 Å². The number of rotatable bonds is 9. The lowest BCUT2D eigenvalue weighted by molar-refractivity contribution is 0.129. The third kappa shape index (κ3) is 7.74. The van der Waals surface area contributed by atoms with Gasteiger partial charge < -0.3 is 15.4 Å². The van der Waals surface area contributed by atoms with Crippen LogP contribution >= 0.6 is 0 Å². The van der Waals surface area contributed by atoms with Crippen LogP contribution in [0.3, 0.4) is 0 Å². The number of unbranched alkanes of at least 4 members (excludes halogenated alkanes) is 1. The predicted molar refractivity (Wildman–Crippen MR) is 82.8 cm³/mol. The number of nitrogens with one attached hydrogen (secondary N) is 2. The van der Waals surface area contributed by atoms with Crippen molar-refractivity contribution in [3.05, 3.63) is 30.1 Å². The summed E-state index contributed by atoms with van der Waals surface area (Å²) in [4.78, 5) is 8.43. The molecule has 1 aromatic heterocycles. The first-order chi connectivity index (χ1) is 9.86. The van der Waals surface area contributed by atoms with Crippen LogP contribution in [0, 0.1) is 0 Å². The van der Waals surface area contributed by atoms with Gasteiger partial charge in [0.25, 0.3) is 0 Å². The van der Waals surface area contributed by atoms with E-state index in [0.717, 1.165) is 44.3 Å². The summed E-state index contributed by atoms with van der Waals surface area (Å²) in [5, 5.41) is 6.49. The molecule has 0 amide bonds. The first-order valence-electron chi connectivity index (χ1n) is 7.29. The van der Waals surface area contributed by atoms with Crippen molar-refractivity contribution in [1.82, 2.24) is 15.6 Å². The van der Waals surface area contributed by atoms with Gasteiger partial charge in [-0.1, -0.05) is 19.4 Å². The fourth-order valence-electron chi connectivity index (χ4n) is 1.63. The van der Waals surface area contributed by atoms with Crippen LogP contribution < -0.4 is 10.6 Å². The minimum absolute atomic E-state index is 0.674. The van der Waals surface area contributed by atoms with Crippen LogP contribution in [0.15, 0.2) is 29.4 Å². The van der Waals surface area contributed by atoms with Crippen LogP contribution in [-0.2, 0) is 11.3 Å². The Morgan fingerprint density at radius 1 is 1.25 bits per heavy atom. The van der Waals surface area contributed by atoms with Crippen molar-refractivity contribution in [3.8, 4) is 0 Å². The highest BCUT2D eigenvalue weighted by molar-refractivity contribution is 5.79. The van der Waals surface area contributed by atoms with Crippen LogP contribution in [0.2, 0.25) is 0 Å². The monoisotopic (exact) mass is 278 g/mol. The molecule has 0 unspecified atom stereocenters. The zero-order valence-electron chi connectivity index (χ0n) is 12.6. The topological polar surface area (TPSA) is 58.5 Å². The molecule has 0 aliphatic heterocycles. The maximum atomic E-state index is 5.51. The normalized spacial score (nSPS) is 11.4. The van der Waals surface area contributed by atoms with Crippen LogP contribution in [0.25, 0.3) is 0 Å². The van der Waals surface area contributed by atoms with Gasteiger partial charge in [0, 0.05) is 33.0 Å². The van der Waals surface area contributed by atoms with Crippen molar-refractivity contribution in [2.45, 2.75) is 32.7 Å². The molecule has 2 N–H and O–H groups in total. The summed E-state index contributed by atoms with van der Waals surface area (Å²) in [5.41, 5.74) is 0.998. The highest BCUT2D eigenvalue weighted by atomic mass is 16.5. The minimum atomic E-state index is 0.674. The van der Waals surface area contributed by atoms with Gasteiger partial charge in [-0.05, 0) is 25.0 Å². The summed E-state index contributed by atoms with van der Waals surface area (Å²) in [7, 11) is 1.77. The molecule has 0 spiro atoms. The van der Waals surface area contributed by atoms with E-state index in [9.17, 15) is 0 Å². The Labute approximate surface area is 121 Å². The van der Waals surface area contributed by atoms with Gasteiger partial charge in [-0.25, -0.2) is 0 Å². The summed E-state index contributed by atoms with van der Waals surface area (Å²) in [6.07, 6.45) is 5.10. The summed E-state index contributed by atoms with van der Waals surface area (Å²) in [5.74, 6) is 0.796. The van der Waals surface area contributed by atoms with E-state index in [1.165, 1.54) is 6.42 Å². The Kier molecular flexibility index (Phi) is 9.23. The predicted octanol–water partition coefficient (Wildman–Crippen LogP) is 1.95. The van der Waals surface area contributed by atoms with Crippen molar-refractivity contribution in [2.24, 2.45) is 4.99 Å². The molecule has 0 radical (unpaired) electrons. The third-order valence-corrected chi connectivity index (χ3v) is 2.79. The molecule has 0 saturated heterocycles. The number of pyridine rings is 1. The fourth-order valence-corrected chi connectivity index (χ4v) is 1.63. The van der Waals surface area contributed by atoms with E-state index in [1.807, 2.05) is 18.2 Å². The standard InChI is InChI=1S/C15H26N4O/c1-3-4-11-20-12-7-10-18-15(16-2)19-13-14-8-5-6-9-17-14/h5-6,8-9H,3-4,7,10-13H2,1-2H3,(H2,16,18,19). The molecule has 0 aliphatic carbocycles. The molecule has 5 heteroatoms. The number of nitrogens with zero attached hydrogens (tertiary/aromatic N) is 2. The number of ether oxygens (including phenoxy) is 1. The van der Waals surface area contributed by atoms with Crippen LogP contribution in [0.5, 0.6) is 0 Å². The fraction of sp³-hybridized carbons (Fsp3) is 0.600. The smallest absolute Gasteiger partial charge is 0.191 e. The second-order valence-electron chi connectivity index (χ2n) is 4.49. The molecule has 1 rings (SSSR count). The van der Waals surface area contributed by atoms with Crippen LogP contribution in [0.1, 0.15) is 31.9 Å². The average molecular weight is 278 g/mol. The number of hydrogen-bond acceptors (Lipinski definition) is 3. The Morgan fingerprint density at radius 2 is 2.10 bits per heavy atom. The van der Waals surface area contributed by atoms with Crippen molar-refractivity contribution >= 4 is 5.96 Å². The lowest BCUT2D eigenvalue weighted by atomic mass is 10.3. The highest BCUT2D eigenvalue weighted by Crippen LogP contribution is 1.92. The molecule has 1 heterocycles. The second-order valence-corrected chi connectivity index (χ2v) is 4.49. The van der Waals surface area contributed by atoms with Gasteiger partial charge in [-0.3, -0.25) is 9.98 Å². The molecule has 20 heavy (non-hydrogen) atoms. The van der Waals surface area contributed by atoms with Gasteiger partial charge in [-0.2, -0.15) is 0 Å². The van der Waals surface area contributed by atoms with Crippen LogP contribution in [-0.4, -0.2) is 37.7 Å². The lowest BCUT2D eigenvalue weighted by Gasteiger charge is -2.11. The van der Waals surface area contributed by atoms with E-state index in [1.54, 1.807) is 13.2 Å². The summed E-state index contributed by atoms with van der Waals surface area (Å²) < 4.78 is 5.51. The zero-order valence-corrected chi connectivity index (χ0v) is 12.6. The maximum absolute atomic E-state index is 5.51. The van der Waals surface area contributed by atoms with Gasteiger partial charge in [-0.15, -0.1) is 0 Å². The molecule has 0 atom stereocenters. The molecule has 0 bridgehead atoms. The molecule has 0 aliphatic rings. The third-order valence-electron chi connectivity index (χ3n) is 2.79. The minimum Gasteiger partial charge on any atom is -0.381 e. The van der Waals surface area contributed by atoms with Gasteiger partial charge in [0.1, 0.15) is 0 Å². The van der Waals surface area contributed by atoms with Gasteiger partial charge in [0.2, 0.25) is 0 Å². The van der Waals surface area contributed by atoms with Crippen molar-refractivity contribution in [3.63, 3.8) is 0 Å². The first kappa shape index (κ1) is 16.4. The Bertz CT molecular complexity index is 367. The van der Waals surface area contributed by atoms with E-state index in [4.69, 9.17) is 4.74 Å². The zero-order chi connectivity index (χ0) is 14.5. The Hall–Kier alpha value is -1.62. The lowest BCUT2D eigenvalue weighted by Crippen LogP contribution is -2.37. The number of aromatic nitrogens is 1. The van der Waals surface area contributed by atoms with E-state index in [-0.39, 0.29) is 0 Å². The Balaban J connectivity index is 2.08. The van der Waals surface area contributed by atoms with E-state index in [2.05, 4.69) is 27.5 Å². The van der Waals surface area contributed by atoms with Gasteiger partial charge in [0.15, 0.2) is 5.96 Å². The number of hydrogen-bond donors (Lipinski definition) is 2. The van der Waals surface area contributed by atoms with Gasteiger partial charge in [0.05, 0.1) is 12.2 Å². The second kappa shape index (κ2) is 11.2. The summed E-state index contributed by atoms with van der Waals surface area (Å²) in [6.45, 7) is 5.36. The first-order valence-corrected chi connectivity index (χ1v) is 7.29. The number of aliphatic imine (C=N–C) groups is 1. The van der Waals surface area contributed by atoms with Crippen molar-refractivity contribution in [1.29, 1.82) is 0 Å².